The van der Waals surface area contributed by atoms with Crippen LogP contribution in [0.15, 0.2) is 47.1 Å². The summed E-state index contributed by atoms with van der Waals surface area (Å²) in [7, 11) is 0. The van der Waals surface area contributed by atoms with Gasteiger partial charge < -0.3 is 5.73 Å². The number of aromatic nitrogens is 3. The van der Waals surface area contributed by atoms with Crippen LogP contribution in [0, 0.1) is 0 Å². The molecule has 0 aliphatic heterocycles. The van der Waals surface area contributed by atoms with Crippen molar-refractivity contribution in [3.63, 3.8) is 0 Å². The van der Waals surface area contributed by atoms with Gasteiger partial charge in [0.05, 0.1) is 11.9 Å². The average Bonchev–Trinajstić information content (AvgIpc) is 2.78. The van der Waals surface area contributed by atoms with Gasteiger partial charge in [-0.25, -0.2) is 4.98 Å². The molecule has 4 nitrogen and oxygen atoms in total. The molecule has 0 saturated carbocycles. The maximum absolute atomic E-state index is 5.92. The molecule has 3 aromatic rings. The summed E-state index contributed by atoms with van der Waals surface area (Å²) in [6, 6.07) is 11.6. The molecule has 84 valence electrons. The molecule has 0 amide bonds. The third-order valence-corrected chi connectivity index (χ3v) is 3.06. The lowest BCUT2D eigenvalue weighted by Gasteiger charge is -2.04. The van der Waals surface area contributed by atoms with Crippen molar-refractivity contribution in [1.29, 1.82) is 0 Å². The first kappa shape index (κ1) is 10.3. The van der Waals surface area contributed by atoms with Crippen LogP contribution in [-0.4, -0.2) is 14.6 Å². The third kappa shape index (κ3) is 1.78. The molecular weight excluding hydrogens is 280 g/mol. The monoisotopic (exact) mass is 288 g/mol. The van der Waals surface area contributed by atoms with E-state index in [2.05, 4.69) is 26.0 Å². The van der Waals surface area contributed by atoms with Crippen molar-refractivity contribution in [3.05, 3.63) is 47.1 Å². The first-order valence-electron chi connectivity index (χ1n) is 5.10. The van der Waals surface area contributed by atoms with E-state index >= 15 is 0 Å². The van der Waals surface area contributed by atoms with E-state index < -0.39 is 0 Å². The molecule has 0 radical (unpaired) electrons. The van der Waals surface area contributed by atoms with Crippen molar-refractivity contribution >= 4 is 27.4 Å². The number of hydrogen-bond donors (Lipinski definition) is 1. The Morgan fingerprint density at radius 1 is 1.12 bits per heavy atom. The molecule has 0 aliphatic rings. The van der Waals surface area contributed by atoms with Crippen LogP contribution in [0.25, 0.3) is 16.9 Å². The third-order valence-electron chi connectivity index (χ3n) is 2.53. The van der Waals surface area contributed by atoms with E-state index in [-0.39, 0.29) is 0 Å². The highest BCUT2D eigenvalue weighted by Gasteiger charge is 2.05. The highest BCUT2D eigenvalue weighted by molar-refractivity contribution is 9.10. The second kappa shape index (κ2) is 3.85. The summed E-state index contributed by atoms with van der Waals surface area (Å²) in [6.07, 6.45) is 1.68. The molecule has 0 unspecified atom stereocenters. The molecule has 5 heteroatoms. The van der Waals surface area contributed by atoms with E-state index in [1.165, 1.54) is 0 Å². The number of nitrogens with zero attached hydrogens (tertiary/aromatic N) is 3. The molecule has 2 heterocycles. The summed E-state index contributed by atoms with van der Waals surface area (Å²) < 4.78 is 2.65. The van der Waals surface area contributed by atoms with E-state index in [9.17, 15) is 0 Å². The fraction of sp³-hybridized carbons (Fsp3) is 0. The van der Waals surface area contributed by atoms with E-state index in [1.54, 1.807) is 10.7 Å². The molecule has 0 atom stereocenters. The van der Waals surface area contributed by atoms with Crippen molar-refractivity contribution < 1.29 is 0 Å². The molecule has 3 rings (SSSR count). The van der Waals surface area contributed by atoms with E-state index in [0.717, 1.165) is 21.4 Å². The Labute approximate surface area is 106 Å². The van der Waals surface area contributed by atoms with Crippen molar-refractivity contribution in [3.8, 4) is 11.3 Å². The first-order valence-corrected chi connectivity index (χ1v) is 5.89. The van der Waals surface area contributed by atoms with Crippen LogP contribution in [0.1, 0.15) is 0 Å². The number of nitrogens with two attached hydrogens (primary N) is 1. The molecular formula is C12H9BrN4. The van der Waals surface area contributed by atoms with Crippen LogP contribution in [0.3, 0.4) is 0 Å². The highest BCUT2D eigenvalue weighted by Crippen LogP contribution is 2.22. The number of nitrogen functional groups attached to an aromatic ring is 1. The van der Waals surface area contributed by atoms with Crippen molar-refractivity contribution in [2.24, 2.45) is 0 Å². The van der Waals surface area contributed by atoms with Gasteiger partial charge in [-0.2, -0.15) is 9.61 Å². The van der Waals surface area contributed by atoms with Gasteiger partial charge in [0.25, 0.3) is 0 Å². The molecule has 0 saturated heterocycles. The number of anilines is 1. The number of benzene rings is 1. The van der Waals surface area contributed by atoms with Gasteiger partial charge in [-0.1, -0.05) is 28.1 Å². The SMILES string of the molecule is Nc1cc(-c2ccc(Br)cc2)nc2ccnn12. The van der Waals surface area contributed by atoms with Crippen molar-refractivity contribution in [2.75, 3.05) is 5.73 Å². The number of hydrogen-bond acceptors (Lipinski definition) is 3. The minimum Gasteiger partial charge on any atom is -0.384 e. The second-order valence-corrected chi connectivity index (χ2v) is 4.59. The van der Waals surface area contributed by atoms with Gasteiger partial charge in [-0.15, -0.1) is 0 Å². The predicted molar refractivity (Wildman–Crippen MR) is 70.5 cm³/mol. The summed E-state index contributed by atoms with van der Waals surface area (Å²) in [5.41, 5.74) is 8.55. The lowest BCUT2D eigenvalue weighted by Crippen LogP contribution is -2.00. The molecule has 2 N–H and O–H groups in total. The standard InChI is InChI=1S/C12H9BrN4/c13-9-3-1-8(2-4-9)10-7-11(14)17-12(16-10)5-6-15-17/h1-7H,14H2. The van der Waals surface area contributed by atoms with Gasteiger partial charge >= 0.3 is 0 Å². The fourth-order valence-electron chi connectivity index (χ4n) is 1.71. The topological polar surface area (TPSA) is 56.2 Å². The van der Waals surface area contributed by atoms with Crippen molar-refractivity contribution in [2.45, 2.75) is 0 Å². The summed E-state index contributed by atoms with van der Waals surface area (Å²) >= 11 is 3.41. The molecule has 0 bridgehead atoms. The Morgan fingerprint density at radius 2 is 1.88 bits per heavy atom. The van der Waals surface area contributed by atoms with Crippen LogP contribution < -0.4 is 5.73 Å². The molecule has 2 aromatic heterocycles. The van der Waals surface area contributed by atoms with Crippen LogP contribution in [0.5, 0.6) is 0 Å². The zero-order valence-corrected chi connectivity index (χ0v) is 10.4. The molecule has 17 heavy (non-hydrogen) atoms. The summed E-state index contributed by atoms with van der Waals surface area (Å²) in [6.45, 7) is 0. The summed E-state index contributed by atoms with van der Waals surface area (Å²) in [5, 5.41) is 4.09. The smallest absolute Gasteiger partial charge is 0.157 e. The summed E-state index contributed by atoms with van der Waals surface area (Å²) in [4.78, 5) is 4.50. The van der Waals surface area contributed by atoms with Crippen LogP contribution in [-0.2, 0) is 0 Å². The molecule has 0 fully saturated rings. The Hall–Kier alpha value is -1.88. The van der Waals surface area contributed by atoms with Crippen molar-refractivity contribution in [1.82, 2.24) is 14.6 Å². The quantitative estimate of drug-likeness (QED) is 0.749. The van der Waals surface area contributed by atoms with Gasteiger partial charge in [-0.05, 0) is 12.1 Å². The lowest BCUT2D eigenvalue weighted by molar-refractivity contribution is 0.954. The van der Waals surface area contributed by atoms with Gasteiger partial charge in [0.15, 0.2) is 5.65 Å². The van der Waals surface area contributed by atoms with E-state index in [1.807, 2.05) is 36.4 Å². The Morgan fingerprint density at radius 3 is 2.65 bits per heavy atom. The predicted octanol–water partition coefficient (Wildman–Crippen LogP) is 2.74. The number of fused-ring (bicyclic) bond motifs is 1. The van der Waals surface area contributed by atoms with Gasteiger partial charge in [0.2, 0.25) is 0 Å². The maximum Gasteiger partial charge on any atom is 0.157 e. The molecule has 0 aliphatic carbocycles. The molecule has 1 aromatic carbocycles. The van der Waals surface area contributed by atoms with Crippen LogP contribution in [0.2, 0.25) is 0 Å². The average molecular weight is 289 g/mol. The van der Waals surface area contributed by atoms with Crippen LogP contribution >= 0.6 is 15.9 Å². The van der Waals surface area contributed by atoms with Gasteiger partial charge in [-0.3, -0.25) is 0 Å². The zero-order valence-electron chi connectivity index (χ0n) is 8.84. The Balaban J connectivity index is 2.20. The molecule has 0 spiro atoms. The van der Waals surface area contributed by atoms with E-state index in [4.69, 9.17) is 5.73 Å². The highest BCUT2D eigenvalue weighted by atomic mass is 79.9. The van der Waals surface area contributed by atoms with Gasteiger partial charge in [0, 0.05) is 22.2 Å². The summed E-state index contributed by atoms with van der Waals surface area (Å²) in [5.74, 6) is 0.581. The normalized spacial score (nSPS) is 10.9. The second-order valence-electron chi connectivity index (χ2n) is 3.67. The largest absolute Gasteiger partial charge is 0.384 e. The van der Waals surface area contributed by atoms with Gasteiger partial charge in [0.1, 0.15) is 5.82 Å². The number of rotatable bonds is 1. The van der Waals surface area contributed by atoms with E-state index in [0.29, 0.717) is 5.82 Å². The number of halogens is 1. The zero-order chi connectivity index (χ0) is 11.8. The fourth-order valence-corrected chi connectivity index (χ4v) is 1.97. The minimum atomic E-state index is 0.581. The first-order chi connectivity index (χ1) is 8.24. The Bertz CT molecular complexity index is 673. The van der Waals surface area contributed by atoms with Crippen LogP contribution in [0.4, 0.5) is 5.82 Å². The lowest BCUT2D eigenvalue weighted by atomic mass is 10.1. The minimum absolute atomic E-state index is 0.581. The maximum atomic E-state index is 5.92. The Kier molecular flexibility index (Phi) is 2.33.